The molecule has 4 atom stereocenters. The van der Waals surface area contributed by atoms with Crippen molar-refractivity contribution in [3.63, 3.8) is 0 Å². The first kappa shape index (κ1) is 12.3. The Balaban J connectivity index is 2.01. The fourth-order valence-electron chi connectivity index (χ4n) is 1.75. The Hall–Kier alpha value is -1.14. The van der Waals surface area contributed by atoms with Gasteiger partial charge in [-0.3, -0.25) is 0 Å². The van der Waals surface area contributed by atoms with Gasteiger partial charge in [-0.05, 0) is 19.1 Å². The van der Waals surface area contributed by atoms with Crippen LogP contribution < -0.4 is 5.32 Å². The second-order valence-electron chi connectivity index (χ2n) is 4.31. The van der Waals surface area contributed by atoms with Gasteiger partial charge in [0.05, 0.1) is 6.61 Å². The van der Waals surface area contributed by atoms with Crippen molar-refractivity contribution >= 4 is 5.69 Å². The van der Waals surface area contributed by atoms with Crippen LogP contribution in [0.2, 0.25) is 0 Å². The van der Waals surface area contributed by atoms with Crippen LogP contribution in [0, 0.1) is 6.92 Å². The predicted octanol–water partition coefficient (Wildman–Crippen LogP) is -0.154. The molecule has 0 unspecified atom stereocenters. The summed E-state index contributed by atoms with van der Waals surface area (Å²) in [6, 6.07) is 7.59. The molecular weight excluding hydrogens is 222 g/mol. The van der Waals surface area contributed by atoms with E-state index in [1.807, 2.05) is 31.2 Å². The molecule has 0 bridgehead atoms. The number of ether oxygens (including phenoxy) is 1. The Bertz CT molecular complexity index is 367. The van der Waals surface area contributed by atoms with E-state index in [1.54, 1.807) is 0 Å². The maximum absolute atomic E-state index is 9.73. The third-order valence-corrected chi connectivity index (χ3v) is 2.86. The molecule has 0 aliphatic carbocycles. The molecule has 0 amide bonds. The quantitative estimate of drug-likeness (QED) is 0.577. The van der Waals surface area contributed by atoms with E-state index in [1.165, 1.54) is 0 Å². The fourth-order valence-corrected chi connectivity index (χ4v) is 1.75. The zero-order valence-electron chi connectivity index (χ0n) is 9.58. The topological polar surface area (TPSA) is 82.0 Å². The highest BCUT2D eigenvalue weighted by atomic mass is 16.5. The summed E-state index contributed by atoms with van der Waals surface area (Å²) in [5.41, 5.74) is 1.93. The van der Waals surface area contributed by atoms with E-state index in [0.717, 1.165) is 11.3 Å². The second kappa shape index (κ2) is 5.01. The lowest BCUT2D eigenvalue weighted by Crippen LogP contribution is -2.55. The van der Waals surface area contributed by atoms with Gasteiger partial charge in [0.25, 0.3) is 0 Å². The number of hydrogen-bond acceptors (Lipinski definition) is 5. The van der Waals surface area contributed by atoms with Crippen molar-refractivity contribution in [1.29, 1.82) is 0 Å². The lowest BCUT2D eigenvalue weighted by molar-refractivity contribution is -0.178. The van der Waals surface area contributed by atoms with E-state index in [2.05, 4.69) is 5.32 Å². The first-order valence-corrected chi connectivity index (χ1v) is 5.57. The van der Waals surface area contributed by atoms with E-state index < -0.39 is 24.5 Å². The molecule has 1 aromatic carbocycles. The summed E-state index contributed by atoms with van der Waals surface area (Å²) in [6.45, 7) is 1.98. The number of hydrogen-bond donors (Lipinski definition) is 4. The minimum absolute atomic E-state index is 0.00174. The largest absolute Gasteiger partial charge is 0.388 e. The second-order valence-corrected chi connectivity index (χ2v) is 4.31. The van der Waals surface area contributed by atoms with E-state index in [4.69, 9.17) is 4.74 Å². The zero-order valence-corrected chi connectivity index (χ0v) is 9.58. The van der Waals surface area contributed by atoms with Crippen LogP contribution in [0.15, 0.2) is 24.3 Å². The molecule has 5 nitrogen and oxygen atoms in total. The van der Waals surface area contributed by atoms with Gasteiger partial charge in [0.1, 0.15) is 18.3 Å². The molecule has 0 aromatic heterocycles. The Labute approximate surface area is 99.7 Å². The number of aliphatic hydroxyl groups is 3. The summed E-state index contributed by atoms with van der Waals surface area (Å²) in [5, 5.41) is 31.5. The van der Waals surface area contributed by atoms with Gasteiger partial charge in [-0.15, -0.1) is 0 Å². The molecule has 0 spiro atoms. The van der Waals surface area contributed by atoms with E-state index >= 15 is 0 Å². The van der Waals surface area contributed by atoms with Crippen molar-refractivity contribution in [2.24, 2.45) is 0 Å². The summed E-state index contributed by atoms with van der Waals surface area (Å²) in [4.78, 5) is 0. The van der Waals surface area contributed by atoms with Gasteiger partial charge in [0, 0.05) is 5.69 Å². The van der Waals surface area contributed by atoms with Crippen molar-refractivity contribution in [2.45, 2.75) is 31.5 Å². The van der Waals surface area contributed by atoms with Crippen molar-refractivity contribution < 1.29 is 20.1 Å². The Kier molecular flexibility index (Phi) is 3.63. The first-order chi connectivity index (χ1) is 8.08. The van der Waals surface area contributed by atoms with E-state index in [9.17, 15) is 15.3 Å². The summed E-state index contributed by atoms with van der Waals surface area (Å²) in [6.07, 6.45) is -4.09. The normalized spacial score (nSPS) is 33.4. The average molecular weight is 239 g/mol. The van der Waals surface area contributed by atoms with Gasteiger partial charge >= 0.3 is 0 Å². The standard InChI is InChI=1S/C12H17NO4/c1-7-2-4-8(5-3-7)13-12-11(16)10(15)9(14)6-17-12/h2-5,9-16H,6H2,1H3/t9-,10-,11-,12+/m0/s1. The van der Waals surface area contributed by atoms with Crippen LogP contribution in [0.4, 0.5) is 5.69 Å². The van der Waals surface area contributed by atoms with Gasteiger partial charge in [0.15, 0.2) is 6.23 Å². The van der Waals surface area contributed by atoms with E-state index in [-0.39, 0.29) is 6.61 Å². The van der Waals surface area contributed by atoms with Crippen LogP contribution >= 0.6 is 0 Å². The molecule has 1 saturated heterocycles. The number of aryl methyl sites for hydroxylation is 1. The lowest BCUT2D eigenvalue weighted by atomic mass is 10.0. The molecule has 2 rings (SSSR count). The highest BCUT2D eigenvalue weighted by Crippen LogP contribution is 2.18. The molecule has 1 aliphatic heterocycles. The number of aliphatic hydroxyl groups excluding tert-OH is 3. The maximum Gasteiger partial charge on any atom is 0.156 e. The van der Waals surface area contributed by atoms with Gasteiger partial charge in [-0.2, -0.15) is 0 Å². The van der Waals surface area contributed by atoms with Gasteiger partial charge < -0.3 is 25.4 Å². The summed E-state index contributed by atoms with van der Waals surface area (Å²) < 4.78 is 5.24. The van der Waals surface area contributed by atoms with Crippen molar-refractivity contribution in [2.75, 3.05) is 11.9 Å². The zero-order chi connectivity index (χ0) is 12.4. The molecule has 1 heterocycles. The SMILES string of the molecule is Cc1ccc(N[C@@H]2OC[C@H](O)[C@H](O)[C@@H]2O)cc1. The monoisotopic (exact) mass is 239 g/mol. The van der Waals surface area contributed by atoms with Crippen molar-refractivity contribution in [3.8, 4) is 0 Å². The number of rotatable bonds is 2. The third kappa shape index (κ3) is 2.76. The molecule has 94 valence electrons. The van der Waals surface area contributed by atoms with Crippen LogP contribution in [0.1, 0.15) is 5.56 Å². The fraction of sp³-hybridized carbons (Fsp3) is 0.500. The van der Waals surface area contributed by atoms with Gasteiger partial charge in [0.2, 0.25) is 0 Å². The first-order valence-electron chi connectivity index (χ1n) is 5.57. The van der Waals surface area contributed by atoms with Crippen LogP contribution in [-0.4, -0.2) is 46.5 Å². The molecule has 1 aliphatic rings. The third-order valence-electron chi connectivity index (χ3n) is 2.86. The van der Waals surface area contributed by atoms with Gasteiger partial charge in [-0.25, -0.2) is 0 Å². The van der Waals surface area contributed by atoms with Crippen molar-refractivity contribution in [1.82, 2.24) is 0 Å². The highest BCUT2D eigenvalue weighted by molar-refractivity contribution is 5.45. The molecule has 17 heavy (non-hydrogen) atoms. The maximum atomic E-state index is 9.73. The van der Waals surface area contributed by atoms with Crippen LogP contribution in [0.3, 0.4) is 0 Å². The Morgan fingerprint density at radius 1 is 1.12 bits per heavy atom. The minimum Gasteiger partial charge on any atom is -0.388 e. The van der Waals surface area contributed by atoms with Gasteiger partial charge in [-0.1, -0.05) is 17.7 Å². The highest BCUT2D eigenvalue weighted by Gasteiger charge is 2.37. The molecule has 0 radical (unpaired) electrons. The van der Waals surface area contributed by atoms with E-state index in [0.29, 0.717) is 0 Å². The molecule has 1 aromatic rings. The number of benzene rings is 1. The number of nitrogens with one attached hydrogen (secondary N) is 1. The Morgan fingerprint density at radius 3 is 2.41 bits per heavy atom. The summed E-state index contributed by atoms with van der Waals surface area (Å²) in [5.74, 6) is 0. The summed E-state index contributed by atoms with van der Waals surface area (Å²) >= 11 is 0. The average Bonchev–Trinajstić information content (AvgIpc) is 2.33. The predicted molar refractivity (Wildman–Crippen MR) is 62.6 cm³/mol. The molecule has 0 saturated carbocycles. The van der Waals surface area contributed by atoms with Crippen LogP contribution in [0.5, 0.6) is 0 Å². The minimum atomic E-state index is -1.19. The number of anilines is 1. The van der Waals surface area contributed by atoms with Crippen LogP contribution in [0.25, 0.3) is 0 Å². The smallest absolute Gasteiger partial charge is 0.156 e. The molecular formula is C12H17NO4. The summed E-state index contributed by atoms with van der Waals surface area (Å²) in [7, 11) is 0. The van der Waals surface area contributed by atoms with Crippen molar-refractivity contribution in [3.05, 3.63) is 29.8 Å². The molecule has 1 fully saturated rings. The molecule has 5 heteroatoms. The van der Waals surface area contributed by atoms with Crippen LogP contribution in [-0.2, 0) is 4.74 Å². The Morgan fingerprint density at radius 2 is 1.76 bits per heavy atom. The lowest BCUT2D eigenvalue weighted by Gasteiger charge is -2.35. The molecule has 4 N–H and O–H groups in total.